The minimum atomic E-state index is -0.774. The zero-order valence-electron chi connectivity index (χ0n) is 61.5. The number of carboxylic acids is 3. The van der Waals surface area contributed by atoms with Crippen LogP contribution in [0.1, 0.15) is 215 Å². The molecule has 21 nitrogen and oxygen atoms in total. The van der Waals surface area contributed by atoms with Crippen molar-refractivity contribution >= 4 is 35.8 Å². The lowest BCUT2D eigenvalue weighted by molar-refractivity contribution is -0.155. The molecule has 104 heavy (non-hydrogen) atoms. The highest BCUT2D eigenvalue weighted by molar-refractivity contribution is 5.73. The van der Waals surface area contributed by atoms with Gasteiger partial charge in [-0.2, -0.15) is 0 Å². The fraction of sp³-hybridized carbons (Fsp3) is 0.711. The quantitative estimate of drug-likeness (QED) is 0.0230. The summed E-state index contributed by atoms with van der Waals surface area (Å²) < 4.78 is 34.3. The van der Waals surface area contributed by atoms with Crippen LogP contribution in [0, 0.1) is 76.9 Å². The predicted molar refractivity (Wildman–Crippen MR) is 386 cm³/mol. The number of carbonyl (C=O) groups excluding carboxylic acids is 3. The van der Waals surface area contributed by atoms with E-state index in [2.05, 4.69) is 18.2 Å². The van der Waals surface area contributed by atoms with Gasteiger partial charge in [-0.3, -0.25) is 14.4 Å². The molecule has 9 aliphatic carbocycles. The maximum absolute atomic E-state index is 12.4. The van der Waals surface area contributed by atoms with Gasteiger partial charge in [-0.25, -0.2) is 14.4 Å². The second kappa shape index (κ2) is 38.4. The minimum absolute atomic E-state index is 0.139. The summed E-state index contributed by atoms with van der Waals surface area (Å²) >= 11 is 0. The second-order valence-corrected chi connectivity index (χ2v) is 32.1. The molecule has 0 bridgehead atoms. The number of aliphatic carboxylic acids is 3. The second-order valence-electron chi connectivity index (χ2n) is 32.1. The van der Waals surface area contributed by atoms with Crippen LogP contribution in [0.3, 0.4) is 0 Å². The first-order valence-electron chi connectivity index (χ1n) is 39.6. The third kappa shape index (κ3) is 21.7. The molecule has 0 heterocycles. The first kappa shape index (κ1) is 80.2. The molecule has 15 atom stereocenters. The Kier molecular flexibility index (Phi) is 29.6. The van der Waals surface area contributed by atoms with Crippen LogP contribution in [-0.4, -0.2) is 157 Å². The number of hydrogen-bond acceptors (Lipinski definition) is 18. The SMILES string of the molecule is CC[C@H](O)CC[C@@H]1[C@H]2Cc3cccc(OCC(=O)OC4CCC(C(=O)O)CC4)c3C[C@H]2C[C@H]1O.CC[C@H](O)CC[C@@H]1[C@H]2Cc3cccc(OCC(=O)OC4CCC(CC(=O)O)CC4)c3C[C@H]2C[C@H]1O.CC[C@H](O)CC[C@@H]1[C@H]2Cc3cccc(OCC(=O)OCC4CCC(C(=O)O)CC4)c3C[C@H]2C[C@H]1O. The van der Waals surface area contributed by atoms with Crippen LogP contribution >= 0.6 is 0 Å². The Morgan fingerprint density at radius 1 is 0.423 bits per heavy atom. The van der Waals surface area contributed by atoms with Gasteiger partial charge in [0.15, 0.2) is 19.8 Å². The molecule has 21 heteroatoms. The van der Waals surface area contributed by atoms with E-state index in [9.17, 15) is 59.4 Å². The molecule has 0 saturated heterocycles. The summed E-state index contributed by atoms with van der Waals surface area (Å²) in [6.45, 7) is 5.82. The van der Waals surface area contributed by atoms with E-state index in [-0.39, 0.29) is 122 Å². The van der Waals surface area contributed by atoms with Crippen LogP contribution in [0.5, 0.6) is 17.2 Å². The third-order valence-corrected chi connectivity index (χ3v) is 25.5. The largest absolute Gasteiger partial charge is 0.482 e. The Morgan fingerprint density at radius 3 is 1.09 bits per heavy atom. The lowest BCUT2D eigenvalue weighted by Gasteiger charge is -2.32. The molecule has 0 spiro atoms. The summed E-state index contributed by atoms with van der Waals surface area (Å²) in [6.07, 6.45) is 20.4. The van der Waals surface area contributed by atoms with Gasteiger partial charge in [0.2, 0.25) is 0 Å². The predicted octanol–water partition coefficient (Wildman–Crippen LogP) is 11.2. The maximum atomic E-state index is 12.4. The van der Waals surface area contributed by atoms with E-state index in [0.717, 1.165) is 169 Å². The van der Waals surface area contributed by atoms with E-state index < -0.39 is 29.8 Å². The standard InChI is InChI=1S/2C28H40O7.C27H38O7/c1-2-20(29)8-11-22-23-13-18-4-3-5-26(24(18)14-19(23)15-25(22)30)34-16-28(33)35-21-9-6-17(7-10-21)12-27(31)32;1-2-21(29)10-11-22-23-12-19-4-3-5-26(24(19)13-20(23)14-25(22)30)34-16-27(31)35-15-17-6-8-18(9-7-17)28(32)33;1-2-19(28)8-11-21-22-12-17-4-3-5-25(23(17)13-18(22)14-24(21)29)33-15-26(30)34-20-9-6-16(7-10-20)27(31)32/h3-5,17,19-23,25,29-30H,2,6-16H2,1H3,(H,31,32);3-5,17-18,20-23,25,29-30H,2,6-16H2,1H3,(H,32,33);3-5,16,18-22,24,28-29H,2,6-15H2,1H3,(H,31,32)/t17?,19-,20-,21?,22+,23-,25+;17?,18?,20-,21-,22+,23-,25+;16?,18-,19-,20?,21+,22-,24+/m000/s1. The van der Waals surface area contributed by atoms with Gasteiger partial charge >= 0.3 is 35.8 Å². The van der Waals surface area contributed by atoms with Crippen molar-refractivity contribution in [2.24, 2.45) is 76.9 Å². The fourth-order valence-electron chi connectivity index (χ4n) is 19.4. The van der Waals surface area contributed by atoms with Gasteiger partial charge in [0, 0.05) is 6.42 Å². The number of esters is 3. The highest BCUT2D eigenvalue weighted by Gasteiger charge is 2.48. The first-order valence-corrected chi connectivity index (χ1v) is 39.6. The topological polar surface area (TPSA) is 340 Å². The van der Waals surface area contributed by atoms with Gasteiger partial charge in [0.05, 0.1) is 55.1 Å². The first-order chi connectivity index (χ1) is 50.0. The van der Waals surface area contributed by atoms with Crippen molar-refractivity contribution in [2.45, 2.75) is 269 Å². The Bertz CT molecular complexity index is 3290. The monoisotopic (exact) mass is 1450 g/mol. The minimum Gasteiger partial charge on any atom is -0.482 e. The van der Waals surface area contributed by atoms with Crippen molar-refractivity contribution in [1.82, 2.24) is 0 Å². The molecule has 9 aliphatic rings. The van der Waals surface area contributed by atoms with E-state index in [1.807, 2.05) is 57.2 Å². The number of benzene rings is 3. The van der Waals surface area contributed by atoms with Crippen molar-refractivity contribution in [3.8, 4) is 17.2 Å². The molecule has 9 N–H and O–H groups in total. The molecular formula is C83H118O21. The number of fused-ring (bicyclic) bond motifs is 6. The lowest BCUT2D eigenvalue weighted by Crippen LogP contribution is -2.30. The van der Waals surface area contributed by atoms with Crippen molar-refractivity contribution in [1.29, 1.82) is 0 Å². The Balaban J connectivity index is 0.000000167. The number of aliphatic hydroxyl groups excluding tert-OH is 6. The molecule has 6 fully saturated rings. The van der Waals surface area contributed by atoms with Crippen LogP contribution < -0.4 is 14.2 Å². The van der Waals surface area contributed by atoms with Crippen LogP contribution in [-0.2, 0) is 81.5 Å². The molecular weight excluding hydrogens is 1330 g/mol. The Morgan fingerprint density at radius 2 is 0.750 bits per heavy atom. The van der Waals surface area contributed by atoms with Crippen LogP contribution in [0.15, 0.2) is 54.6 Å². The third-order valence-electron chi connectivity index (χ3n) is 25.5. The van der Waals surface area contributed by atoms with Crippen molar-refractivity contribution < 1.29 is 103 Å². The van der Waals surface area contributed by atoms with E-state index in [1.54, 1.807) is 0 Å². The van der Waals surface area contributed by atoms with Gasteiger partial charge in [0.25, 0.3) is 0 Å². The molecule has 12 rings (SSSR count). The Labute approximate surface area is 613 Å². The molecule has 576 valence electrons. The maximum Gasteiger partial charge on any atom is 0.344 e. The summed E-state index contributed by atoms with van der Waals surface area (Å²) in [7, 11) is 0. The highest BCUT2D eigenvalue weighted by atomic mass is 16.6. The summed E-state index contributed by atoms with van der Waals surface area (Å²) in [6, 6.07) is 17.9. The molecule has 3 aromatic rings. The lowest BCUT2D eigenvalue weighted by atomic mass is 9.73. The smallest absolute Gasteiger partial charge is 0.344 e. The van der Waals surface area contributed by atoms with E-state index in [0.29, 0.717) is 99.2 Å². The molecule has 0 aromatic heterocycles. The zero-order valence-corrected chi connectivity index (χ0v) is 61.5. The number of carboxylic acid groups (broad SMARTS) is 3. The number of ether oxygens (including phenoxy) is 6. The highest BCUT2D eigenvalue weighted by Crippen LogP contribution is 2.52. The molecule has 0 aliphatic heterocycles. The van der Waals surface area contributed by atoms with E-state index >= 15 is 0 Å². The number of hydrogen-bond donors (Lipinski definition) is 9. The van der Waals surface area contributed by atoms with Crippen LogP contribution in [0.2, 0.25) is 0 Å². The average Bonchev–Trinajstić information content (AvgIpc) is 1.61. The van der Waals surface area contributed by atoms with Gasteiger partial charge in [-0.15, -0.1) is 0 Å². The summed E-state index contributed by atoms with van der Waals surface area (Å²) in [5.74, 6) is 1.51. The van der Waals surface area contributed by atoms with Gasteiger partial charge in [-0.05, 0) is 309 Å². The van der Waals surface area contributed by atoms with Crippen molar-refractivity contribution in [3.05, 3.63) is 88.0 Å². The average molecular weight is 1450 g/mol. The molecule has 3 aromatic carbocycles. The zero-order chi connectivity index (χ0) is 74.1. The molecule has 0 unspecified atom stereocenters. The summed E-state index contributed by atoms with van der Waals surface area (Å²) in [5.41, 5.74) is 7.06. The number of aliphatic hydroxyl groups is 6. The molecule has 0 radical (unpaired) electrons. The van der Waals surface area contributed by atoms with Gasteiger partial charge in [-0.1, -0.05) is 57.2 Å². The number of rotatable bonds is 29. The van der Waals surface area contributed by atoms with E-state index in [1.165, 1.54) is 16.7 Å². The van der Waals surface area contributed by atoms with Crippen molar-refractivity contribution in [3.63, 3.8) is 0 Å². The molecule has 0 amide bonds. The van der Waals surface area contributed by atoms with Crippen molar-refractivity contribution in [2.75, 3.05) is 26.4 Å². The summed E-state index contributed by atoms with van der Waals surface area (Å²) in [4.78, 5) is 70.2. The number of carbonyl (C=O) groups is 6. The fourth-order valence-corrected chi connectivity index (χ4v) is 19.4. The Hall–Kier alpha value is -6.36. The van der Waals surface area contributed by atoms with Crippen LogP contribution in [0.25, 0.3) is 0 Å². The van der Waals surface area contributed by atoms with Gasteiger partial charge < -0.3 is 74.4 Å². The van der Waals surface area contributed by atoms with Gasteiger partial charge in [0.1, 0.15) is 29.5 Å². The molecule has 6 saturated carbocycles. The normalized spacial score (nSPS) is 30.9. The summed E-state index contributed by atoms with van der Waals surface area (Å²) in [5, 5.41) is 89.3. The van der Waals surface area contributed by atoms with E-state index in [4.69, 9.17) is 43.7 Å². The van der Waals surface area contributed by atoms with Crippen LogP contribution in [0.4, 0.5) is 0 Å².